The predicted octanol–water partition coefficient (Wildman–Crippen LogP) is 4.30. The number of ether oxygens (including phenoxy) is 1. The lowest BCUT2D eigenvalue weighted by atomic mass is 10.0. The first-order chi connectivity index (χ1) is 15.0. The van der Waals surface area contributed by atoms with Crippen LogP contribution in [-0.4, -0.2) is 30.0 Å². The van der Waals surface area contributed by atoms with E-state index in [-0.39, 0.29) is 36.9 Å². The third-order valence-electron chi connectivity index (χ3n) is 5.31. The Morgan fingerprint density at radius 1 is 0.839 bits per heavy atom. The minimum atomic E-state index is -0.577. The first kappa shape index (κ1) is 22.4. The monoisotopic (exact) mass is 421 g/mol. The minimum Gasteiger partial charge on any atom is -0.457 e. The number of Topliss-reactive ketones (excluding diaryl/α,β-unsaturated/α-hetero) is 2. The Kier molecular flexibility index (Phi) is 7.70. The molecule has 1 aliphatic carbocycles. The molecule has 1 N–H and O–H groups in total. The Balaban J connectivity index is 1.42. The molecular weight excluding hydrogens is 394 g/mol. The molecule has 0 bridgehead atoms. The van der Waals surface area contributed by atoms with E-state index < -0.39 is 5.97 Å². The van der Waals surface area contributed by atoms with Crippen molar-refractivity contribution in [2.45, 2.75) is 51.9 Å². The molecule has 2 aromatic rings. The molecule has 3 rings (SSSR count). The van der Waals surface area contributed by atoms with Crippen molar-refractivity contribution in [2.75, 3.05) is 11.9 Å². The summed E-state index contributed by atoms with van der Waals surface area (Å²) in [6, 6.07) is 12.2. The van der Waals surface area contributed by atoms with Gasteiger partial charge in [-0.1, -0.05) is 19.1 Å². The highest BCUT2D eigenvalue weighted by Gasteiger charge is 2.16. The number of fused-ring (bicyclic) bond motifs is 1. The molecule has 0 fully saturated rings. The second-order valence-corrected chi connectivity index (χ2v) is 7.72. The second kappa shape index (κ2) is 10.7. The topological polar surface area (TPSA) is 89.5 Å². The number of hydrogen-bond donors (Lipinski definition) is 1. The number of carbonyl (C=O) groups is 4. The second-order valence-electron chi connectivity index (χ2n) is 7.72. The smallest absolute Gasteiger partial charge is 0.306 e. The fraction of sp³-hybridized carbons (Fsp3) is 0.360. The molecule has 0 saturated heterocycles. The van der Waals surface area contributed by atoms with Gasteiger partial charge in [0.15, 0.2) is 18.2 Å². The van der Waals surface area contributed by atoms with Crippen molar-refractivity contribution in [3.63, 3.8) is 0 Å². The van der Waals surface area contributed by atoms with Gasteiger partial charge in [0.2, 0.25) is 5.91 Å². The van der Waals surface area contributed by atoms with Crippen molar-refractivity contribution in [3.05, 3.63) is 64.7 Å². The molecule has 6 heteroatoms. The lowest BCUT2D eigenvalue weighted by molar-refractivity contribution is -0.142. The number of carbonyl (C=O) groups excluding carboxylic acids is 4. The molecule has 6 nitrogen and oxygen atoms in total. The third kappa shape index (κ3) is 6.35. The van der Waals surface area contributed by atoms with Gasteiger partial charge in [-0.25, -0.2) is 0 Å². The molecule has 1 aliphatic rings. The molecule has 0 atom stereocenters. The van der Waals surface area contributed by atoms with Crippen LogP contribution in [0.4, 0.5) is 5.69 Å². The first-order valence-corrected chi connectivity index (χ1v) is 10.7. The van der Waals surface area contributed by atoms with E-state index in [1.807, 2.05) is 25.1 Å². The summed E-state index contributed by atoms with van der Waals surface area (Å²) in [5, 5.41) is 2.75. The standard InChI is InChI=1S/C25H27NO5/c1-2-4-24(29)26-21-11-9-18(10-12-21)23(28)16-31-25(30)14-13-22(27)20-8-7-17-5-3-6-19(17)15-20/h7-12,15H,2-6,13-14,16H2,1H3,(H,26,29). The maximum atomic E-state index is 12.4. The van der Waals surface area contributed by atoms with Gasteiger partial charge in [-0.15, -0.1) is 0 Å². The zero-order valence-electron chi connectivity index (χ0n) is 17.7. The molecule has 31 heavy (non-hydrogen) atoms. The summed E-state index contributed by atoms with van der Waals surface area (Å²) in [6.07, 6.45) is 4.35. The molecule has 0 aliphatic heterocycles. The molecule has 0 heterocycles. The highest BCUT2D eigenvalue weighted by atomic mass is 16.5. The van der Waals surface area contributed by atoms with E-state index in [0.29, 0.717) is 23.2 Å². The Hall–Kier alpha value is -3.28. The van der Waals surface area contributed by atoms with Crippen LogP contribution in [0.1, 0.15) is 70.9 Å². The summed E-state index contributed by atoms with van der Waals surface area (Å²) >= 11 is 0. The van der Waals surface area contributed by atoms with Gasteiger partial charge in [-0.2, -0.15) is 0 Å². The Bertz CT molecular complexity index is 978. The number of hydrogen-bond acceptors (Lipinski definition) is 5. The van der Waals surface area contributed by atoms with Gasteiger partial charge in [0, 0.05) is 29.7 Å². The van der Waals surface area contributed by atoms with Gasteiger partial charge in [0.05, 0.1) is 6.42 Å². The minimum absolute atomic E-state index is 0.0535. The largest absolute Gasteiger partial charge is 0.457 e. The van der Waals surface area contributed by atoms with Crippen LogP contribution < -0.4 is 5.32 Å². The molecule has 2 aromatic carbocycles. The molecule has 162 valence electrons. The number of ketones is 2. The normalized spacial score (nSPS) is 12.2. The van der Waals surface area contributed by atoms with Crippen LogP contribution in [0.15, 0.2) is 42.5 Å². The van der Waals surface area contributed by atoms with Crippen molar-refractivity contribution in [3.8, 4) is 0 Å². The zero-order valence-corrected chi connectivity index (χ0v) is 17.7. The van der Waals surface area contributed by atoms with E-state index in [9.17, 15) is 19.2 Å². The maximum Gasteiger partial charge on any atom is 0.306 e. The molecule has 0 saturated carbocycles. The summed E-state index contributed by atoms with van der Waals surface area (Å²) in [4.78, 5) is 48.1. The number of aryl methyl sites for hydroxylation is 2. The quantitative estimate of drug-likeness (QED) is 0.456. The van der Waals surface area contributed by atoms with Crippen LogP contribution in [0.5, 0.6) is 0 Å². The van der Waals surface area contributed by atoms with Gasteiger partial charge in [0.25, 0.3) is 0 Å². The van der Waals surface area contributed by atoms with E-state index in [1.165, 1.54) is 11.1 Å². The summed E-state index contributed by atoms with van der Waals surface area (Å²) in [6.45, 7) is 1.54. The number of rotatable bonds is 10. The Morgan fingerprint density at radius 3 is 2.29 bits per heavy atom. The van der Waals surface area contributed by atoms with E-state index in [0.717, 1.165) is 25.7 Å². The highest BCUT2D eigenvalue weighted by Crippen LogP contribution is 2.23. The van der Waals surface area contributed by atoms with Crippen molar-refractivity contribution >= 4 is 29.1 Å². The average Bonchev–Trinajstić information content (AvgIpc) is 3.24. The van der Waals surface area contributed by atoms with Gasteiger partial charge >= 0.3 is 5.97 Å². The molecular formula is C25H27NO5. The molecule has 0 radical (unpaired) electrons. The average molecular weight is 421 g/mol. The van der Waals surface area contributed by atoms with Crippen LogP contribution in [-0.2, 0) is 27.2 Å². The van der Waals surface area contributed by atoms with Crippen molar-refractivity contribution in [1.82, 2.24) is 0 Å². The molecule has 0 aromatic heterocycles. The SMILES string of the molecule is CCCC(=O)Nc1ccc(C(=O)COC(=O)CCC(=O)c2ccc3c(c2)CCC3)cc1. The van der Waals surface area contributed by atoms with E-state index >= 15 is 0 Å². The lowest BCUT2D eigenvalue weighted by Crippen LogP contribution is -2.15. The number of nitrogens with one attached hydrogen (secondary N) is 1. The van der Waals surface area contributed by atoms with Crippen molar-refractivity contribution in [2.24, 2.45) is 0 Å². The highest BCUT2D eigenvalue weighted by molar-refractivity contribution is 6.00. The fourth-order valence-electron chi connectivity index (χ4n) is 3.60. The van der Waals surface area contributed by atoms with Crippen molar-refractivity contribution < 1.29 is 23.9 Å². The number of esters is 1. The summed E-state index contributed by atoms with van der Waals surface area (Å²) in [5.41, 5.74) is 4.13. The van der Waals surface area contributed by atoms with Crippen LogP contribution in [0.3, 0.4) is 0 Å². The van der Waals surface area contributed by atoms with E-state index in [1.54, 1.807) is 24.3 Å². The van der Waals surface area contributed by atoms with E-state index in [4.69, 9.17) is 4.74 Å². The van der Waals surface area contributed by atoms with Gasteiger partial charge in [-0.3, -0.25) is 19.2 Å². The van der Waals surface area contributed by atoms with Crippen LogP contribution in [0.2, 0.25) is 0 Å². The maximum absolute atomic E-state index is 12.4. The number of anilines is 1. The van der Waals surface area contributed by atoms with Gasteiger partial charge in [0.1, 0.15) is 0 Å². The molecule has 1 amide bonds. The van der Waals surface area contributed by atoms with E-state index in [2.05, 4.69) is 5.32 Å². The molecule has 0 unspecified atom stereocenters. The summed E-state index contributed by atoms with van der Waals surface area (Å²) < 4.78 is 5.03. The Morgan fingerprint density at radius 2 is 1.55 bits per heavy atom. The lowest BCUT2D eigenvalue weighted by Gasteiger charge is -2.07. The zero-order chi connectivity index (χ0) is 22.2. The Labute approximate surface area is 182 Å². The predicted molar refractivity (Wildman–Crippen MR) is 117 cm³/mol. The summed E-state index contributed by atoms with van der Waals surface area (Å²) in [5.74, 6) is -1.10. The number of benzene rings is 2. The van der Waals surface area contributed by atoms with Crippen LogP contribution >= 0.6 is 0 Å². The van der Waals surface area contributed by atoms with Crippen LogP contribution in [0, 0.1) is 0 Å². The van der Waals surface area contributed by atoms with Gasteiger partial charge < -0.3 is 10.1 Å². The van der Waals surface area contributed by atoms with Crippen molar-refractivity contribution in [1.29, 1.82) is 0 Å². The summed E-state index contributed by atoms with van der Waals surface area (Å²) in [7, 11) is 0. The molecule has 0 spiro atoms. The third-order valence-corrected chi connectivity index (χ3v) is 5.31. The first-order valence-electron chi connectivity index (χ1n) is 10.7. The number of amides is 1. The van der Waals surface area contributed by atoms with Crippen LogP contribution in [0.25, 0.3) is 0 Å². The fourth-order valence-corrected chi connectivity index (χ4v) is 3.60. The van der Waals surface area contributed by atoms with Gasteiger partial charge in [-0.05, 0) is 67.1 Å².